The van der Waals surface area contributed by atoms with E-state index >= 15 is 0 Å². The van der Waals surface area contributed by atoms with Gasteiger partial charge < -0.3 is 10.6 Å². The topological polar surface area (TPSA) is 71.1 Å². The summed E-state index contributed by atoms with van der Waals surface area (Å²) in [5.41, 5.74) is 2.78. The zero-order valence-electron chi connectivity index (χ0n) is 15.0. The van der Waals surface area contributed by atoms with Crippen LogP contribution in [0, 0.1) is 5.92 Å². The Kier molecular flexibility index (Phi) is 7.13. The molecule has 6 heteroatoms. The van der Waals surface area contributed by atoms with Gasteiger partial charge in [-0.25, -0.2) is 4.98 Å². The van der Waals surface area contributed by atoms with Gasteiger partial charge in [-0.3, -0.25) is 9.59 Å². The van der Waals surface area contributed by atoms with E-state index in [9.17, 15) is 9.59 Å². The summed E-state index contributed by atoms with van der Waals surface area (Å²) in [6.45, 7) is 6.18. The Bertz CT molecular complexity index is 706. The van der Waals surface area contributed by atoms with Crippen molar-refractivity contribution in [2.45, 2.75) is 40.0 Å². The summed E-state index contributed by atoms with van der Waals surface area (Å²) >= 11 is 1.59. The van der Waals surface area contributed by atoms with Gasteiger partial charge in [-0.2, -0.15) is 0 Å². The molecule has 0 aliphatic carbocycles. The highest BCUT2D eigenvalue weighted by Gasteiger charge is 2.13. The molecule has 0 bridgehead atoms. The van der Waals surface area contributed by atoms with Gasteiger partial charge >= 0.3 is 0 Å². The van der Waals surface area contributed by atoms with Crippen molar-refractivity contribution >= 4 is 28.8 Å². The Morgan fingerprint density at radius 1 is 1.16 bits per heavy atom. The standard InChI is InChI=1S/C19H25N3O2S/c1-4-14(5-2)18(24)20-11-10-17-12-25-19(22-17)15-6-8-16(9-7-15)21-13(3)23/h6-9,12,14H,4-5,10-11H2,1-3H3,(H,20,24)(H,21,23). The van der Waals surface area contributed by atoms with Gasteiger partial charge in [0.2, 0.25) is 11.8 Å². The first kappa shape index (κ1) is 19.1. The van der Waals surface area contributed by atoms with E-state index in [1.807, 2.05) is 43.5 Å². The summed E-state index contributed by atoms with van der Waals surface area (Å²) < 4.78 is 0. The van der Waals surface area contributed by atoms with Gasteiger partial charge in [0.1, 0.15) is 5.01 Å². The van der Waals surface area contributed by atoms with Crippen molar-refractivity contribution in [3.05, 3.63) is 35.3 Å². The van der Waals surface area contributed by atoms with Crippen molar-refractivity contribution in [1.82, 2.24) is 10.3 Å². The molecule has 2 aromatic rings. The Morgan fingerprint density at radius 3 is 2.44 bits per heavy atom. The van der Waals surface area contributed by atoms with Crippen LogP contribution in [0.1, 0.15) is 39.3 Å². The first-order valence-electron chi connectivity index (χ1n) is 8.63. The molecule has 0 radical (unpaired) electrons. The Morgan fingerprint density at radius 2 is 1.84 bits per heavy atom. The molecule has 134 valence electrons. The number of benzene rings is 1. The average Bonchev–Trinajstić information content (AvgIpc) is 3.05. The van der Waals surface area contributed by atoms with Gasteiger partial charge in [0.25, 0.3) is 0 Å². The molecule has 0 atom stereocenters. The van der Waals surface area contributed by atoms with Crippen LogP contribution in [0.2, 0.25) is 0 Å². The number of hydrogen-bond acceptors (Lipinski definition) is 4. The molecule has 0 aliphatic heterocycles. The lowest BCUT2D eigenvalue weighted by Crippen LogP contribution is -2.31. The second-order valence-electron chi connectivity index (χ2n) is 5.96. The van der Waals surface area contributed by atoms with Crippen molar-refractivity contribution in [3.63, 3.8) is 0 Å². The summed E-state index contributed by atoms with van der Waals surface area (Å²) in [6.07, 6.45) is 2.47. The molecule has 0 unspecified atom stereocenters. The van der Waals surface area contributed by atoms with Gasteiger partial charge in [0.15, 0.2) is 0 Å². The predicted molar refractivity (Wildman–Crippen MR) is 103 cm³/mol. The summed E-state index contributed by atoms with van der Waals surface area (Å²) in [7, 11) is 0. The van der Waals surface area contributed by atoms with Crippen LogP contribution in [0.3, 0.4) is 0 Å². The van der Waals surface area contributed by atoms with E-state index in [2.05, 4.69) is 15.6 Å². The van der Waals surface area contributed by atoms with Crippen molar-refractivity contribution in [1.29, 1.82) is 0 Å². The first-order chi connectivity index (χ1) is 12.0. The summed E-state index contributed by atoms with van der Waals surface area (Å²) in [6, 6.07) is 7.63. The van der Waals surface area contributed by atoms with Gasteiger partial charge in [0, 0.05) is 42.4 Å². The molecule has 5 nitrogen and oxygen atoms in total. The maximum absolute atomic E-state index is 12.0. The van der Waals surface area contributed by atoms with E-state index in [1.165, 1.54) is 6.92 Å². The molecule has 2 N–H and O–H groups in total. The minimum atomic E-state index is -0.0836. The van der Waals surface area contributed by atoms with E-state index < -0.39 is 0 Å². The molecule has 0 fully saturated rings. The minimum Gasteiger partial charge on any atom is -0.355 e. The third-order valence-corrected chi connectivity index (χ3v) is 4.98. The lowest BCUT2D eigenvalue weighted by molar-refractivity contribution is -0.125. The largest absolute Gasteiger partial charge is 0.355 e. The number of rotatable bonds is 8. The fourth-order valence-electron chi connectivity index (χ4n) is 2.57. The molecule has 0 spiro atoms. The van der Waals surface area contributed by atoms with Crippen LogP contribution in [0.5, 0.6) is 0 Å². The number of carbonyl (C=O) groups is 2. The summed E-state index contributed by atoms with van der Waals surface area (Å²) in [4.78, 5) is 27.7. The molecule has 2 rings (SSSR count). The molecule has 1 aromatic heterocycles. The number of aromatic nitrogens is 1. The fraction of sp³-hybridized carbons (Fsp3) is 0.421. The number of thiazole rings is 1. The number of carbonyl (C=O) groups excluding carboxylic acids is 2. The van der Waals surface area contributed by atoms with E-state index in [-0.39, 0.29) is 17.7 Å². The zero-order chi connectivity index (χ0) is 18.2. The molecule has 25 heavy (non-hydrogen) atoms. The number of hydrogen-bond donors (Lipinski definition) is 2. The molecule has 1 heterocycles. The quantitative estimate of drug-likeness (QED) is 0.752. The molecule has 2 amide bonds. The van der Waals surface area contributed by atoms with E-state index in [0.717, 1.165) is 41.2 Å². The number of nitrogens with zero attached hydrogens (tertiary/aromatic N) is 1. The van der Waals surface area contributed by atoms with Gasteiger partial charge in [-0.1, -0.05) is 13.8 Å². The van der Waals surface area contributed by atoms with Crippen molar-refractivity contribution in [2.24, 2.45) is 5.92 Å². The lowest BCUT2D eigenvalue weighted by atomic mass is 10.0. The van der Waals surface area contributed by atoms with Gasteiger partial charge in [-0.15, -0.1) is 11.3 Å². The maximum atomic E-state index is 12.0. The molecular weight excluding hydrogens is 334 g/mol. The third-order valence-electron chi connectivity index (χ3n) is 4.04. The molecule has 0 saturated heterocycles. The predicted octanol–water partition coefficient (Wildman–Crippen LogP) is 3.86. The van der Waals surface area contributed by atoms with Crippen LogP contribution in [0.25, 0.3) is 10.6 Å². The fourth-order valence-corrected chi connectivity index (χ4v) is 3.43. The van der Waals surface area contributed by atoms with Crippen LogP contribution < -0.4 is 10.6 Å². The van der Waals surface area contributed by atoms with Crippen LogP contribution in [0.15, 0.2) is 29.6 Å². The third kappa shape index (κ3) is 5.67. The average molecular weight is 359 g/mol. The summed E-state index contributed by atoms with van der Waals surface area (Å²) in [5, 5.41) is 8.71. The van der Waals surface area contributed by atoms with E-state index in [1.54, 1.807) is 11.3 Å². The second kappa shape index (κ2) is 9.32. The Balaban J connectivity index is 1.89. The van der Waals surface area contributed by atoms with Crippen LogP contribution >= 0.6 is 11.3 Å². The maximum Gasteiger partial charge on any atom is 0.223 e. The number of anilines is 1. The highest BCUT2D eigenvalue weighted by atomic mass is 32.1. The molecule has 0 saturated carbocycles. The number of nitrogens with one attached hydrogen (secondary N) is 2. The van der Waals surface area contributed by atoms with E-state index in [4.69, 9.17) is 0 Å². The Hall–Kier alpha value is -2.21. The van der Waals surface area contributed by atoms with Crippen molar-refractivity contribution in [2.75, 3.05) is 11.9 Å². The second-order valence-corrected chi connectivity index (χ2v) is 6.82. The highest BCUT2D eigenvalue weighted by Crippen LogP contribution is 2.25. The van der Waals surface area contributed by atoms with E-state index in [0.29, 0.717) is 6.54 Å². The van der Waals surface area contributed by atoms with Crippen LogP contribution in [-0.2, 0) is 16.0 Å². The SMILES string of the molecule is CCC(CC)C(=O)NCCc1csc(-c2ccc(NC(C)=O)cc2)n1. The minimum absolute atomic E-state index is 0.0836. The Labute approximate surface area is 152 Å². The molecular formula is C19H25N3O2S. The smallest absolute Gasteiger partial charge is 0.223 e. The van der Waals surface area contributed by atoms with Crippen molar-refractivity contribution in [3.8, 4) is 10.6 Å². The van der Waals surface area contributed by atoms with Crippen LogP contribution in [0.4, 0.5) is 5.69 Å². The summed E-state index contributed by atoms with van der Waals surface area (Å²) in [5.74, 6) is 0.154. The highest BCUT2D eigenvalue weighted by molar-refractivity contribution is 7.13. The van der Waals surface area contributed by atoms with Crippen molar-refractivity contribution < 1.29 is 9.59 Å². The number of amides is 2. The van der Waals surface area contributed by atoms with Crippen LogP contribution in [-0.4, -0.2) is 23.3 Å². The molecule has 1 aromatic carbocycles. The monoisotopic (exact) mass is 359 g/mol. The first-order valence-corrected chi connectivity index (χ1v) is 9.51. The van der Waals surface area contributed by atoms with Gasteiger partial charge in [0.05, 0.1) is 5.69 Å². The lowest BCUT2D eigenvalue weighted by Gasteiger charge is -2.11. The molecule has 0 aliphatic rings. The normalized spacial score (nSPS) is 10.7. The zero-order valence-corrected chi connectivity index (χ0v) is 15.8. The van der Waals surface area contributed by atoms with Gasteiger partial charge in [-0.05, 0) is 37.1 Å².